The molecule has 0 bridgehead atoms. The third-order valence-electron chi connectivity index (χ3n) is 3.35. The number of hydrogen-bond acceptors (Lipinski definition) is 3. The Kier molecular flexibility index (Phi) is 3.47. The first-order valence-corrected chi connectivity index (χ1v) is 6.14. The maximum atomic E-state index is 12.3. The number of aryl methyl sites for hydroxylation is 2. The van der Waals surface area contributed by atoms with Crippen LogP contribution in [0.2, 0.25) is 0 Å². The Morgan fingerprint density at radius 2 is 2.41 bits per heavy atom. The standard InChI is InChI=1S/C12H20N4O/c1-4-11-10(8-15(3)14-11)12(17)16-6-5-9(7-16)13-2/h8-9,13H,4-7H2,1-3H3. The van der Waals surface area contributed by atoms with Gasteiger partial charge >= 0.3 is 0 Å². The minimum absolute atomic E-state index is 0.118. The number of likely N-dealkylation sites (N-methyl/N-ethyl adjacent to an activating group) is 1. The molecule has 1 N–H and O–H groups in total. The van der Waals surface area contributed by atoms with Crippen molar-refractivity contribution in [3.05, 3.63) is 17.5 Å². The summed E-state index contributed by atoms with van der Waals surface area (Å²) in [5, 5.41) is 7.53. The van der Waals surface area contributed by atoms with Gasteiger partial charge in [0.05, 0.1) is 11.3 Å². The summed E-state index contributed by atoms with van der Waals surface area (Å²) in [6.07, 6.45) is 3.66. The van der Waals surface area contributed by atoms with Gasteiger partial charge in [-0.25, -0.2) is 0 Å². The Balaban J connectivity index is 2.14. The van der Waals surface area contributed by atoms with Crippen LogP contribution in [0, 0.1) is 0 Å². The molecule has 0 saturated carbocycles. The minimum atomic E-state index is 0.118. The van der Waals surface area contributed by atoms with E-state index in [0.29, 0.717) is 6.04 Å². The van der Waals surface area contributed by atoms with E-state index in [0.717, 1.165) is 37.2 Å². The number of likely N-dealkylation sites (tertiary alicyclic amines) is 1. The molecule has 1 aliphatic rings. The molecule has 0 radical (unpaired) electrons. The van der Waals surface area contributed by atoms with Crippen LogP contribution in [0.15, 0.2) is 6.20 Å². The summed E-state index contributed by atoms with van der Waals surface area (Å²) in [5.41, 5.74) is 1.65. The molecule has 1 unspecified atom stereocenters. The average molecular weight is 236 g/mol. The third-order valence-corrected chi connectivity index (χ3v) is 3.35. The van der Waals surface area contributed by atoms with Gasteiger partial charge in [-0.1, -0.05) is 6.92 Å². The van der Waals surface area contributed by atoms with Gasteiger partial charge in [0, 0.05) is 32.4 Å². The number of aromatic nitrogens is 2. The molecule has 1 amide bonds. The van der Waals surface area contributed by atoms with Crippen LogP contribution in [0.3, 0.4) is 0 Å². The molecular weight excluding hydrogens is 216 g/mol. The lowest BCUT2D eigenvalue weighted by Crippen LogP contribution is -2.33. The van der Waals surface area contributed by atoms with Crippen LogP contribution in [0.4, 0.5) is 0 Å². The first kappa shape index (κ1) is 12.1. The van der Waals surface area contributed by atoms with Gasteiger partial charge < -0.3 is 10.2 Å². The summed E-state index contributed by atoms with van der Waals surface area (Å²) in [7, 11) is 3.80. The highest BCUT2D eigenvalue weighted by atomic mass is 16.2. The van der Waals surface area contributed by atoms with E-state index in [9.17, 15) is 4.79 Å². The largest absolute Gasteiger partial charge is 0.337 e. The summed E-state index contributed by atoms with van der Waals surface area (Å²) in [5.74, 6) is 0.118. The Morgan fingerprint density at radius 1 is 1.65 bits per heavy atom. The molecule has 1 aromatic rings. The maximum Gasteiger partial charge on any atom is 0.257 e. The highest BCUT2D eigenvalue weighted by molar-refractivity contribution is 5.95. The number of hydrogen-bond donors (Lipinski definition) is 1. The molecule has 2 heterocycles. The van der Waals surface area contributed by atoms with Crippen molar-refractivity contribution in [1.29, 1.82) is 0 Å². The lowest BCUT2D eigenvalue weighted by molar-refractivity contribution is 0.0788. The van der Waals surface area contributed by atoms with Gasteiger partial charge in [0.15, 0.2) is 0 Å². The van der Waals surface area contributed by atoms with Gasteiger partial charge in [-0.05, 0) is 19.9 Å². The number of nitrogens with zero attached hydrogens (tertiary/aromatic N) is 3. The normalized spacial score (nSPS) is 19.9. The first-order chi connectivity index (χ1) is 8.15. The van der Waals surface area contributed by atoms with Crippen molar-refractivity contribution in [3.63, 3.8) is 0 Å². The molecule has 1 aliphatic heterocycles. The van der Waals surface area contributed by atoms with Crippen molar-refractivity contribution in [2.45, 2.75) is 25.8 Å². The Bertz CT molecular complexity index is 413. The summed E-state index contributed by atoms with van der Waals surface area (Å²) >= 11 is 0. The van der Waals surface area contributed by atoms with Crippen LogP contribution in [0.5, 0.6) is 0 Å². The second-order valence-electron chi connectivity index (χ2n) is 4.54. The zero-order chi connectivity index (χ0) is 12.4. The smallest absolute Gasteiger partial charge is 0.257 e. The van der Waals surface area contributed by atoms with Crippen LogP contribution in [-0.4, -0.2) is 46.8 Å². The van der Waals surface area contributed by atoms with Crippen molar-refractivity contribution < 1.29 is 4.79 Å². The van der Waals surface area contributed by atoms with Crippen molar-refractivity contribution in [2.24, 2.45) is 7.05 Å². The lowest BCUT2D eigenvalue weighted by Gasteiger charge is -2.16. The number of carbonyl (C=O) groups is 1. The quantitative estimate of drug-likeness (QED) is 0.827. The fourth-order valence-corrected chi connectivity index (χ4v) is 2.33. The zero-order valence-corrected chi connectivity index (χ0v) is 10.7. The molecule has 0 spiro atoms. The highest BCUT2D eigenvalue weighted by Gasteiger charge is 2.27. The van der Waals surface area contributed by atoms with Crippen LogP contribution in [0.1, 0.15) is 29.4 Å². The summed E-state index contributed by atoms with van der Waals surface area (Å²) in [6, 6.07) is 0.431. The summed E-state index contributed by atoms with van der Waals surface area (Å²) < 4.78 is 1.72. The van der Waals surface area contributed by atoms with Crippen molar-refractivity contribution in [3.8, 4) is 0 Å². The van der Waals surface area contributed by atoms with Gasteiger partial charge in [-0.2, -0.15) is 5.10 Å². The van der Waals surface area contributed by atoms with Crippen LogP contribution in [0.25, 0.3) is 0 Å². The Labute approximate surface area is 102 Å². The van der Waals surface area contributed by atoms with Gasteiger partial charge in [0.1, 0.15) is 0 Å². The van der Waals surface area contributed by atoms with E-state index in [1.54, 1.807) is 4.68 Å². The first-order valence-electron chi connectivity index (χ1n) is 6.14. The fraction of sp³-hybridized carbons (Fsp3) is 0.667. The molecule has 2 rings (SSSR count). The monoisotopic (exact) mass is 236 g/mol. The van der Waals surface area contributed by atoms with E-state index in [1.165, 1.54) is 0 Å². The van der Waals surface area contributed by atoms with Gasteiger partial charge in [-0.3, -0.25) is 9.48 Å². The van der Waals surface area contributed by atoms with Crippen molar-refractivity contribution >= 4 is 5.91 Å². The molecule has 5 heteroatoms. The second kappa shape index (κ2) is 4.87. The Morgan fingerprint density at radius 3 is 3.00 bits per heavy atom. The van der Waals surface area contributed by atoms with Gasteiger partial charge in [-0.15, -0.1) is 0 Å². The van der Waals surface area contributed by atoms with Crippen LogP contribution in [-0.2, 0) is 13.5 Å². The maximum absolute atomic E-state index is 12.3. The summed E-state index contributed by atoms with van der Waals surface area (Å²) in [4.78, 5) is 14.3. The molecule has 1 aromatic heterocycles. The fourth-order valence-electron chi connectivity index (χ4n) is 2.33. The van der Waals surface area contributed by atoms with E-state index >= 15 is 0 Å². The van der Waals surface area contributed by atoms with E-state index in [1.807, 2.05) is 32.1 Å². The SMILES string of the molecule is CCc1nn(C)cc1C(=O)N1CCC(NC)C1. The molecule has 5 nitrogen and oxygen atoms in total. The number of nitrogens with one attached hydrogen (secondary N) is 1. The number of carbonyl (C=O) groups excluding carboxylic acids is 1. The molecule has 17 heavy (non-hydrogen) atoms. The molecule has 1 saturated heterocycles. The zero-order valence-electron chi connectivity index (χ0n) is 10.7. The number of amides is 1. The van der Waals surface area contributed by atoms with E-state index < -0.39 is 0 Å². The van der Waals surface area contributed by atoms with Gasteiger partial charge in [0.2, 0.25) is 0 Å². The minimum Gasteiger partial charge on any atom is -0.337 e. The second-order valence-corrected chi connectivity index (χ2v) is 4.54. The molecular formula is C12H20N4O. The molecule has 1 atom stereocenters. The third kappa shape index (κ3) is 2.34. The lowest BCUT2D eigenvalue weighted by atomic mass is 10.2. The molecule has 0 aromatic carbocycles. The molecule has 94 valence electrons. The number of rotatable bonds is 3. The Hall–Kier alpha value is -1.36. The van der Waals surface area contributed by atoms with Crippen LogP contribution >= 0.6 is 0 Å². The summed E-state index contributed by atoms with van der Waals surface area (Å²) in [6.45, 7) is 3.66. The topological polar surface area (TPSA) is 50.2 Å². The molecule has 0 aliphatic carbocycles. The van der Waals surface area contributed by atoms with Gasteiger partial charge in [0.25, 0.3) is 5.91 Å². The average Bonchev–Trinajstić information content (AvgIpc) is 2.93. The van der Waals surface area contributed by atoms with Crippen molar-refractivity contribution in [1.82, 2.24) is 20.0 Å². The highest BCUT2D eigenvalue weighted by Crippen LogP contribution is 2.16. The predicted octanol–water partition coefficient (Wildman–Crippen LogP) is 0.416. The van der Waals surface area contributed by atoms with Crippen LogP contribution < -0.4 is 5.32 Å². The van der Waals surface area contributed by atoms with Crippen molar-refractivity contribution in [2.75, 3.05) is 20.1 Å². The van der Waals surface area contributed by atoms with E-state index in [-0.39, 0.29) is 5.91 Å². The predicted molar refractivity (Wildman–Crippen MR) is 66.0 cm³/mol. The molecule has 1 fully saturated rings. The van der Waals surface area contributed by atoms with E-state index in [4.69, 9.17) is 0 Å². The van der Waals surface area contributed by atoms with E-state index in [2.05, 4.69) is 10.4 Å².